The SMILES string of the molecule is CCCCc1nc(Cl)c(C(=O)OC(C)OC(=O)O[C@H]2COC3C2OC[C@H]3OC(=O)C[C@H](C)O[N+](=O)[O-])n1Cc1ccc(-c2ccccc2-c2nn[nH]n2)cc1. The van der Waals surface area contributed by atoms with E-state index in [9.17, 15) is 24.5 Å². The molecule has 0 radical (unpaired) electrons. The van der Waals surface area contributed by atoms with E-state index < -0.39 is 60.0 Å². The van der Waals surface area contributed by atoms with Gasteiger partial charge in [0.1, 0.15) is 24.1 Å². The Labute approximate surface area is 318 Å². The largest absolute Gasteiger partial charge is 0.511 e. The highest BCUT2D eigenvalue weighted by molar-refractivity contribution is 6.32. The standard InChI is InChI=1S/C35H38ClN7O12/c1-4-5-10-27-37-32(36)29(42(27)16-21-11-13-22(14-12-21)23-8-6-7-9-24(23)33-38-40-41-39-33)34(45)51-20(3)52-35(46)54-26-18-50-30-25(17-49-31(26)30)53-28(44)15-19(2)55-43(47)48/h6-9,11-14,19-20,25-26,30-31H,4-5,10,15-18H2,1-3H3,(H,38,39,40,41)/t19-,20?,25+,26-,30?,31?/m0/s1. The van der Waals surface area contributed by atoms with Crippen molar-refractivity contribution in [2.24, 2.45) is 0 Å². The van der Waals surface area contributed by atoms with Crippen LogP contribution in [0, 0.1) is 10.1 Å². The summed E-state index contributed by atoms with van der Waals surface area (Å²) in [6.07, 6.45) is -4.97. The Morgan fingerprint density at radius 3 is 2.36 bits per heavy atom. The molecule has 2 aliphatic rings. The van der Waals surface area contributed by atoms with Crippen molar-refractivity contribution in [3.05, 3.63) is 80.9 Å². The summed E-state index contributed by atoms with van der Waals surface area (Å²) in [6.45, 7) is 4.85. The molecule has 2 saturated heterocycles. The van der Waals surface area contributed by atoms with Gasteiger partial charge in [-0.3, -0.25) is 4.79 Å². The van der Waals surface area contributed by atoms with Gasteiger partial charge in [0.15, 0.2) is 23.1 Å². The van der Waals surface area contributed by atoms with Crippen molar-refractivity contribution in [3.8, 4) is 22.5 Å². The molecule has 19 nitrogen and oxygen atoms in total. The van der Waals surface area contributed by atoms with Crippen molar-refractivity contribution in [2.45, 2.75) is 89.8 Å². The zero-order valence-corrected chi connectivity index (χ0v) is 30.7. The fourth-order valence-corrected chi connectivity index (χ4v) is 6.60. The van der Waals surface area contributed by atoms with E-state index in [1.54, 1.807) is 4.57 Å². The number of fused-ring (bicyclic) bond motifs is 1. The van der Waals surface area contributed by atoms with E-state index in [1.807, 2.05) is 55.5 Å². The summed E-state index contributed by atoms with van der Waals surface area (Å²) in [5.41, 5.74) is 3.50. The minimum atomic E-state index is -1.39. The Morgan fingerprint density at radius 1 is 1.02 bits per heavy atom. The minimum absolute atomic E-state index is 0.00516. The zero-order valence-electron chi connectivity index (χ0n) is 30.0. The van der Waals surface area contributed by atoms with Crippen LogP contribution in [0.4, 0.5) is 4.79 Å². The fourth-order valence-electron chi connectivity index (χ4n) is 6.32. The lowest BCUT2D eigenvalue weighted by molar-refractivity contribution is -0.767. The molecular formula is C35H38ClN7O12. The lowest BCUT2D eigenvalue weighted by atomic mass is 9.98. The molecule has 55 heavy (non-hydrogen) atoms. The third-order valence-corrected chi connectivity index (χ3v) is 9.08. The van der Waals surface area contributed by atoms with Crippen LogP contribution in [0.15, 0.2) is 48.5 Å². The number of aromatic nitrogens is 6. The molecule has 2 aromatic carbocycles. The van der Waals surface area contributed by atoms with Crippen LogP contribution in [-0.4, -0.2) is 103 Å². The Bertz CT molecular complexity index is 1980. The summed E-state index contributed by atoms with van der Waals surface area (Å²) in [7, 11) is 0. The quantitative estimate of drug-likeness (QED) is 0.0542. The number of carbonyl (C=O) groups excluding carboxylic acids is 3. The van der Waals surface area contributed by atoms with Crippen LogP contribution < -0.4 is 0 Å². The van der Waals surface area contributed by atoms with Crippen LogP contribution >= 0.6 is 11.6 Å². The molecular weight excluding hydrogens is 746 g/mol. The lowest BCUT2D eigenvalue weighted by Gasteiger charge is -2.19. The first-order chi connectivity index (χ1) is 26.5. The Hall–Kier alpha value is -5.66. The number of carbonyl (C=O) groups is 3. The number of nitrogens with zero attached hydrogens (tertiary/aromatic N) is 6. The average molecular weight is 784 g/mol. The number of benzene rings is 2. The molecule has 0 amide bonds. The molecule has 1 N–H and O–H groups in total. The van der Waals surface area contributed by atoms with Crippen LogP contribution in [0.3, 0.4) is 0 Å². The van der Waals surface area contributed by atoms with Crippen LogP contribution in [-0.2, 0) is 51.0 Å². The van der Waals surface area contributed by atoms with Gasteiger partial charge in [-0.1, -0.05) is 73.5 Å². The molecule has 0 aliphatic carbocycles. The Kier molecular flexibility index (Phi) is 12.5. The van der Waals surface area contributed by atoms with Gasteiger partial charge in [-0.15, -0.1) is 20.3 Å². The molecule has 4 heterocycles. The number of hydrogen-bond acceptors (Lipinski definition) is 16. The fraction of sp³-hybridized carbons (Fsp3) is 0.457. The zero-order chi connectivity index (χ0) is 39.1. The van der Waals surface area contributed by atoms with E-state index >= 15 is 0 Å². The molecule has 292 valence electrons. The number of rotatable bonds is 16. The second kappa shape index (κ2) is 17.7. The molecule has 0 spiro atoms. The van der Waals surface area contributed by atoms with Crippen LogP contribution in [0.25, 0.3) is 22.5 Å². The van der Waals surface area contributed by atoms with E-state index in [0.717, 1.165) is 35.1 Å². The maximum Gasteiger partial charge on any atom is 0.511 e. The van der Waals surface area contributed by atoms with E-state index in [0.29, 0.717) is 18.1 Å². The molecule has 2 aromatic heterocycles. The Morgan fingerprint density at radius 2 is 1.71 bits per heavy atom. The summed E-state index contributed by atoms with van der Waals surface area (Å²) < 4.78 is 34.5. The number of ether oxygens (including phenoxy) is 6. The Balaban J connectivity index is 1.06. The van der Waals surface area contributed by atoms with E-state index in [-0.39, 0.29) is 37.0 Å². The van der Waals surface area contributed by atoms with Crippen molar-refractivity contribution in [1.82, 2.24) is 30.2 Å². The maximum absolute atomic E-state index is 13.5. The smallest absolute Gasteiger partial charge is 0.457 e. The highest BCUT2D eigenvalue weighted by atomic mass is 35.5. The number of hydrogen-bond donors (Lipinski definition) is 1. The van der Waals surface area contributed by atoms with Gasteiger partial charge in [0.25, 0.3) is 5.09 Å². The highest BCUT2D eigenvalue weighted by Crippen LogP contribution is 2.32. The first-order valence-electron chi connectivity index (χ1n) is 17.5. The number of aromatic amines is 1. The third-order valence-electron chi connectivity index (χ3n) is 8.82. The van der Waals surface area contributed by atoms with Crippen LogP contribution in [0.2, 0.25) is 5.15 Å². The summed E-state index contributed by atoms with van der Waals surface area (Å²) in [6, 6.07) is 15.5. The van der Waals surface area contributed by atoms with Gasteiger partial charge in [-0.05, 0) is 35.2 Å². The highest BCUT2D eigenvalue weighted by Gasteiger charge is 2.51. The van der Waals surface area contributed by atoms with Crippen molar-refractivity contribution < 1.29 is 52.7 Å². The molecule has 0 saturated carbocycles. The number of esters is 2. The molecule has 2 fully saturated rings. The average Bonchev–Trinajstić information content (AvgIpc) is 3.94. The number of tetrazole rings is 1. The minimum Gasteiger partial charge on any atom is -0.457 e. The van der Waals surface area contributed by atoms with E-state index in [4.69, 9.17) is 40.0 Å². The lowest BCUT2D eigenvalue weighted by Crippen LogP contribution is -2.37. The number of imidazole rings is 1. The predicted molar refractivity (Wildman–Crippen MR) is 188 cm³/mol. The van der Waals surface area contributed by atoms with Gasteiger partial charge in [0.05, 0.1) is 19.6 Å². The number of H-pyrrole nitrogens is 1. The van der Waals surface area contributed by atoms with Crippen LogP contribution in [0.5, 0.6) is 0 Å². The second-order valence-corrected chi connectivity index (χ2v) is 13.2. The normalized spacial score (nSPS) is 19.9. The molecule has 0 bridgehead atoms. The summed E-state index contributed by atoms with van der Waals surface area (Å²) in [5, 5.41) is 23.8. The van der Waals surface area contributed by atoms with Gasteiger partial charge in [0, 0.05) is 25.5 Å². The summed E-state index contributed by atoms with van der Waals surface area (Å²) in [5.74, 6) is -0.549. The number of halogens is 1. The number of unbranched alkanes of at least 4 members (excludes halogenated alkanes) is 1. The molecule has 6 rings (SSSR count). The van der Waals surface area contributed by atoms with E-state index in [2.05, 4.69) is 30.4 Å². The van der Waals surface area contributed by atoms with Crippen LogP contribution in [0.1, 0.15) is 61.9 Å². The topological polar surface area (TPSA) is 231 Å². The number of aryl methyl sites for hydroxylation is 1. The van der Waals surface area contributed by atoms with E-state index in [1.165, 1.54) is 13.8 Å². The van der Waals surface area contributed by atoms with Gasteiger partial charge in [0.2, 0.25) is 12.1 Å². The van der Waals surface area contributed by atoms with Crippen molar-refractivity contribution >= 4 is 29.7 Å². The first-order valence-corrected chi connectivity index (χ1v) is 17.9. The van der Waals surface area contributed by atoms with Crippen molar-refractivity contribution in [2.75, 3.05) is 13.2 Å². The molecule has 4 aromatic rings. The third kappa shape index (κ3) is 9.53. The maximum atomic E-state index is 13.5. The second-order valence-electron chi connectivity index (χ2n) is 12.8. The van der Waals surface area contributed by atoms with Gasteiger partial charge < -0.3 is 37.8 Å². The van der Waals surface area contributed by atoms with Gasteiger partial charge >= 0.3 is 18.1 Å². The van der Waals surface area contributed by atoms with Crippen molar-refractivity contribution in [3.63, 3.8) is 0 Å². The van der Waals surface area contributed by atoms with Crippen molar-refractivity contribution in [1.29, 1.82) is 0 Å². The van der Waals surface area contributed by atoms with Gasteiger partial charge in [-0.2, -0.15) is 5.21 Å². The van der Waals surface area contributed by atoms with Gasteiger partial charge in [-0.25, -0.2) is 14.6 Å². The molecule has 2 aliphatic heterocycles. The molecule has 3 unspecified atom stereocenters. The predicted octanol–water partition coefficient (Wildman–Crippen LogP) is 4.50. The molecule has 6 atom stereocenters. The summed E-state index contributed by atoms with van der Waals surface area (Å²) in [4.78, 5) is 57.8. The summed E-state index contributed by atoms with van der Waals surface area (Å²) >= 11 is 6.53. The number of nitrogens with one attached hydrogen (secondary N) is 1. The first kappa shape index (κ1) is 39.0. The molecule has 20 heteroatoms. The monoisotopic (exact) mass is 783 g/mol.